The summed E-state index contributed by atoms with van der Waals surface area (Å²) < 4.78 is 5.43. The lowest BCUT2D eigenvalue weighted by molar-refractivity contribution is 0.0704. The molecule has 3 aromatic rings. The zero-order valence-corrected chi connectivity index (χ0v) is 16.1. The molecule has 0 radical (unpaired) electrons. The molecule has 1 aromatic carbocycles. The van der Waals surface area contributed by atoms with Crippen LogP contribution in [0.2, 0.25) is 0 Å². The molecule has 144 valence electrons. The van der Waals surface area contributed by atoms with E-state index in [1.165, 1.54) is 6.33 Å². The SMILES string of the molecule is CC(C)c1noc(C2CCN(C(=O)c3cccc(-c4cncnc4)c3)CC2)n1. The highest BCUT2D eigenvalue weighted by Crippen LogP contribution is 2.29. The van der Waals surface area contributed by atoms with Crippen LogP contribution < -0.4 is 0 Å². The van der Waals surface area contributed by atoms with Crippen molar-refractivity contribution in [2.24, 2.45) is 0 Å². The summed E-state index contributed by atoms with van der Waals surface area (Å²) in [7, 11) is 0. The summed E-state index contributed by atoms with van der Waals surface area (Å²) in [6.45, 7) is 5.46. The monoisotopic (exact) mass is 377 g/mol. The molecule has 4 rings (SSSR count). The number of benzene rings is 1. The minimum Gasteiger partial charge on any atom is -0.339 e. The standard InChI is InChI=1S/C21H23N5O2/c1-14(2)19-24-20(28-25-19)15-6-8-26(9-7-15)21(27)17-5-3-4-16(10-17)18-11-22-13-23-12-18/h3-5,10-15H,6-9H2,1-2H3. The lowest BCUT2D eigenvalue weighted by atomic mass is 9.96. The molecule has 28 heavy (non-hydrogen) atoms. The van der Waals surface area contributed by atoms with Crippen LogP contribution in [0.3, 0.4) is 0 Å². The smallest absolute Gasteiger partial charge is 0.253 e. The Labute approximate surface area is 163 Å². The van der Waals surface area contributed by atoms with Crippen LogP contribution in [0.15, 0.2) is 47.5 Å². The quantitative estimate of drug-likeness (QED) is 0.690. The number of aromatic nitrogens is 4. The molecular weight excluding hydrogens is 354 g/mol. The van der Waals surface area contributed by atoms with Crippen molar-refractivity contribution in [1.29, 1.82) is 0 Å². The van der Waals surface area contributed by atoms with Crippen LogP contribution in [0.1, 0.15) is 60.6 Å². The topological polar surface area (TPSA) is 85.0 Å². The number of carbonyl (C=O) groups is 1. The van der Waals surface area contributed by atoms with Crippen LogP contribution >= 0.6 is 0 Å². The summed E-state index contributed by atoms with van der Waals surface area (Å²) in [5.74, 6) is 1.96. The van der Waals surface area contributed by atoms with Gasteiger partial charge in [-0.05, 0) is 30.5 Å². The third-order valence-electron chi connectivity index (χ3n) is 5.11. The van der Waals surface area contributed by atoms with Gasteiger partial charge in [0.15, 0.2) is 5.82 Å². The van der Waals surface area contributed by atoms with Gasteiger partial charge < -0.3 is 9.42 Å². The number of piperidine rings is 1. The van der Waals surface area contributed by atoms with Crippen molar-refractivity contribution in [2.45, 2.75) is 38.5 Å². The van der Waals surface area contributed by atoms with Gasteiger partial charge >= 0.3 is 0 Å². The van der Waals surface area contributed by atoms with E-state index in [4.69, 9.17) is 4.52 Å². The van der Waals surface area contributed by atoms with E-state index in [0.717, 1.165) is 29.8 Å². The molecule has 0 unspecified atom stereocenters. The van der Waals surface area contributed by atoms with E-state index in [1.54, 1.807) is 12.4 Å². The van der Waals surface area contributed by atoms with Crippen molar-refractivity contribution in [2.75, 3.05) is 13.1 Å². The maximum Gasteiger partial charge on any atom is 0.253 e. The summed E-state index contributed by atoms with van der Waals surface area (Å²) in [5.41, 5.74) is 2.52. The Bertz CT molecular complexity index is 946. The molecule has 0 spiro atoms. The van der Waals surface area contributed by atoms with Gasteiger partial charge in [-0.3, -0.25) is 4.79 Å². The minimum absolute atomic E-state index is 0.0468. The maximum absolute atomic E-state index is 13.0. The van der Waals surface area contributed by atoms with Gasteiger partial charge in [-0.15, -0.1) is 0 Å². The van der Waals surface area contributed by atoms with Crippen molar-refractivity contribution < 1.29 is 9.32 Å². The summed E-state index contributed by atoms with van der Waals surface area (Å²) in [6, 6.07) is 7.62. The molecule has 1 aliphatic rings. The molecule has 1 saturated heterocycles. The fourth-order valence-corrected chi connectivity index (χ4v) is 3.44. The second kappa shape index (κ2) is 7.88. The van der Waals surface area contributed by atoms with E-state index in [-0.39, 0.29) is 17.7 Å². The number of amides is 1. The van der Waals surface area contributed by atoms with Crippen LogP contribution in [0.25, 0.3) is 11.1 Å². The number of hydrogen-bond donors (Lipinski definition) is 0. The third-order valence-corrected chi connectivity index (χ3v) is 5.11. The number of nitrogens with zero attached hydrogens (tertiary/aromatic N) is 5. The first-order valence-electron chi connectivity index (χ1n) is 9.60. The Morgan fingerprint density at radius 1 is 1.14 bits per heavy atom. The molecular formula is C21H23N5O2. The molecule has 1 amide bonds. The van der Waals surface area contributed by atoms with Crippen LogP contribution in [-0.4, -0.2) is 44.0 Å². The number of carbonyl (C=O) groups excluding carboxylic acids is 1. The largest absolute Gasteiger partial charge is 0.339 e. The van der Waals surface area contributed by atoms with Crippen LogP contribution in [0, 0.1) is 0 Å². The molecule has 0 aliphatic carbocycles. The lowest BCUT2D eigenvalue weighted by Gasteiger charge is -2.30. The third kappa shape index (κ3) is 3.78. The van der Waals surface area contributed by atoms with Crippen molar-refractivity contribution in [1.82, 2.24) is 25.0 Å². The van der Waals surface area contributed by atoms with Gasteiger partial charge in [-0.2, -0.15) is 4.98 Å². The van der Waals surface area contributed by atoms with E-state index in [9.17, 15) is 4.79 Å². The van der Waals surface area contributed by atoms with Crippen molar-refractivity contribution in [3.63, 3.8) is 0 Å². The Balaban J connectivity index is 1.43. The normalized spacial score (nSPS) is 15.2. The van der Waals surface area contributed by atoms with Crippen LogP contribution in [0.4, 0.5) is 0 Å². The highest BCUT2D eigenvalue weighted by atomic mass is 16.5. The molecule has 0 saturated carbocycles. The fourth-order valence-electron chi connectivity index (χ4n) is 3.44. The van der Waals surface area contributed by atoms with Crippen LogP contribution in [-0.2, 0) is 0 Å². The summed E-state index contributed by atoms with van der Waals surface area (Å²) in [6.07, 6.45) is 6.65. The number of hydrogen-bond acceptors (Lipinski definition) is 6. The molecule has 0 atom stereocenters. The van der Waals surface area contributed by atoms with Crippen molar-refractivity contribution >= 4 is 5.91 Å². The minimum atomic E-state index is 0.0468. The molecule has 0 bridgehead atoms. The van der Waals surface area contributed by atoms with Gasteiger partial charge in [0.05, 0.1) is 0 Å². The number of likely N-dealkylation sites (tertiary alicyclic amines) is 1. The second-order valence-electron chi connectivity index (χ2n) is 7.42. The maximum atomic E-state index is 13.0. The number of rotatable bonds is 4. The predicted molar refractivity (Wildman–Crippen MR) is 104 cm³/mol. The molecule has 3 heterocycles. The zero-order chi connectivity index (χ0) is 19.5. The van der Waals surface area contributed by atoms with Gasteiger partial charge in [0.2, 0.25) is 5.89 Å². The molecule has 2 aromatic heterocycles. The summed E-state index contributed by atoms with van der Waals surface area (Å²) in [4.78, 5) is 27.5. The molecule has 7 heteroatoms. The average molecular weight is 377 g/mol. The summed E-state index contributed by atoms with van der Waals surface area (Å²) >= 11 is 0. The van der Waals surface area contributed by atoms with Gasteiger partial charge in [-0.1, -0.05) is 31.1 Å². The molecule has 1 aliphatic heterocycles. The highest BCUT2D eigenvalue weighted by Gasteiger charge is 2.28. The lowest BCUT2D eigenvalue weighted by Crippen LogP contribution is -2.38. The average Bonchev–Trinajstić information content (AvgIpc) is 3.25. The van der Waals surface area contributed by atoms with Crippen molar-refractivity contribution in [3.05, 3.63) is 60.3 Å². The Hall–Kier alpha value is -3.09. The van der Waals surface area contributed by atoms with E-state index in [2.05, 4.69) is 20.1 Å². The molecule has 7 nitrogen and oxygen atoms in total. The van der Waals surface area contributed by atoms with Gasteiger partial charge in [0.25, 0.3) is 5.91 Å². The van der Waals surface area contributed by atoms with E-state index < -0.39 is 0 Å². The van der Waals surface area contributed by atoms with E-state index in [0.29, 0.717) is 24.5 Å². The van der Waals surface area contributed by atoms with E-state index >= 15 is 0 Å². The second-order valence-corrected chi connectivity index (χ2v) is 7.42. The first kappa shape index (κ1) is 18.3. The predicted octanol–water partition coefficient (Wildman–Crippen LogP) is 3.67. The molecule has 0 N–H and O–H groups in total. The molecule has 1 fully saturated rings. The van der Waals surface area contributed by atoms with Gasteiger partial charge in [0, 0.05) is 48.4 Å². The van der Waals surface area contributed by atoms with Gasteiger partial charge in [0.1, 0.15) is 6.33 Å². The Morgan fingerprint density at radius 3 is 2.57 bits per heavy atom. The van der Waals surface area contributed by atoms with Crippen LogP contribution in [0.5, 0.6) is 0 Å². The fraction of sp³-hybridized carbons (Fsp3) is 0.381. The Kier molecular flexibility index (Phi) is 5.14. The summed E-state index contributed by atoms with van der Waals surface area (Å²) in [5, 5.41) is 4.05. The Morgan fingerprint density at radius 2 is 1.89 bits per heavy atom. The first-order valence-corrected chi connectivity index (χ1v) is 9.60. The first-order chi connectivity index (χ1) is 13.6. The zero-order valence-electron chi connectivity index (χ0n) is 16.1. The highest BCUT2D eigenvalue weighted by molar-refractivity contribution is 5.95. The van der Waals surface area contributed by atoms with Crippen molar-refractivity contribution in [3.8, 4) is 11.1 Å². The van der Waals surface area contributed by atoms with E-state index in [1.807, 2.05) is 43.0 Å². The van der Waals surface area contributed by atoms with Gasteiger partial charge in [-0.25, -0.2) is 9.97 Å².